The molecule has 0 spiro atoms. The molecule has 0 aromatic carbocycles. The van der Waals surface area contributed by atoms with Crippen LogP contribution in [0.25, 0.3) is 0 Å². The van der Waals surface area contributed by atoms with Crippen LogP contribution in [-0.2, 0) is 11.2 Å². The molecule has 5 rings (SSSR count). The molecule has 7 nitrogen and oxygen atoms in total. The van der Waals surface area contributed by atoms with E-state index in [2.05, 4.69) is 34.3 Å². The number of piperazine rings is 1. The van der Waals surface area contributed by atoms with E-state index >= 15 is 0 Å². The maximum Gasteiger partial charge on any atom is 0.263 e. The monoisotopic (exact) mass is 453 g/mol. The Bertz CT molecular complexity index is 1030. The number of fused-ring (bicyclic) bond motifs is 1. The minimum absolute atomic E-state index is 0.0315. The van der Waals surface area contributed by atoms with E-state index in [1.807, 2.05) is 31.1 Å². The van der Waals surface area contributed by atoms with Gasteiger partial charge in [-0.3, -0.25) is 14.6 Å². The molecule has 4 aliphatic rings. The third-order valence-corrected chi connectivity index (χ3v) is 7.51. The number of amides is 1. The fourth-order valence-corrected chi connectivity index (χ4v) is 5.54. The molecule has 0 atom stereocenters. The highest BCUT2D eigenvalue weighted by molar-refractivity contribution is 7.17. The maximum atomic E-state index is 12.5. The van der Waals surface area contributed by atoms with Crippen LogP contribution in [0.15, 0.2) is 47.7 Å². The highest BCUT2D eigenvalue weighted by Crippen LogP contribution is 2.35. The zero-order valence-corrected chi connectivity index (χ0v) is 19.9. The van der Waals surface area contributed by atoms with Crippen molar-refractivity contribution >= 4 is 22.4 Å². The number of rotatable bonds is 4. The minimum Gasteiger partial charge on any atom is -0.462 e. The lowest BCUT2D eigenvalue weighted by Gasteiger charge is -2.33. The Balaban J connectivity index is 1.40. The highest BCUT2D eigenvalue weighted by atomic mass is 32.1. The first-order valence-corrected chi connectivity index (χ1v) is 12.2. The van der Waals surface area contributed by atoms with E-state index in [0.717, 1.165) is 68.6 Å². The maximum absolute atomic E-state index is 12.5. The Labute approximate surface area is 193 Å². The Morgan fingerprint density at radius 2 is 2.06 bits per heavy atom. The number of nitrogens with one attached hydrogen (secondary N) is 1. The molecule has 8 heteroatoms. The van der Waals surface area contributed by atoms with E-state index < -0.39 is 0 Å². The Morgan fingerprint density at radius 3 is 2.88 bits per heavy atom. The van der Waals surface area contributed by atoms with E-state index in [1.54, 1.807) is 6.26 Å². The lowest BCUT2D eigenvalue weighted by molar-refractivity contribution is 0.0901. The lowest BCUT2D eigenvalue weighted by Crippen LogP contribution is -2.48. The van der Waals surface area contributed by atoms with Gasteiger partial charge in [0.25, 0.3) is 5.91 Å². The summed E-state index contributed by atoms with van der Waals surface area (Å²) < 4.78 is 5.98. The van der Waals surface area contributed by atoms with Crippen molar-refractivity contribution in [3.8, 4) is 0 Å². The number of allylic oxidation sites excluding steroid dienone is 2. The van der Waals surface area contributed by atoms with Gasteiger partial charge in [-0.1, -0.05) is 23.5 Å². The van der Waals surface area contributed by atoms with E-state index in [-0.39, 0.29) is 11.4 Å². The van der Waals surface area contributed by atoms with E-state index in [0.29, 0.717) is 4.88 Å². The average molecular weight is 454 g/mol. The molecule has 0 saturated carbocycles. The molecule has 1 aromatic rings. The van der Waals surface area contributed by atoms with Gasteiger partial charge in [0.1, 0.15) is 16.9 Å². The first-order valence-electron chi connectivity index (χ1n) is 11.3. The number of hydrogen-bond acceptors (Lipinski definition) is 7. The summed E-state index contributed by atoms with van der Waals surface area (Å²) in [6.45, 7) is 9.42. The molecule has 170 valence electrons. The van der Waals surface area contributed by atoms with Crippen molar-refractivity contribution in [2.24, 2.45) is 0 Å². The number of likely N-dealkylation sites (N-methyl/N-ethyl adjacent to an activating group) is 1. The van der Waals surface area contributed by atoms with Gasteiger partial charge in [0, 0.05) is 56.5 Å². The summed E-state index contributed by atoms with van der Waals surface area (Å²) in [4.78, 5) is 24.9. The first-order chi connectivity index (χ1) is 15.4. The van der Waals surface area contributed by atoms with Crippen LogP contribution in [0.1, 0.15) is 42.1 Å². The summed E-state index contributed by atoms with van der Waals surface area (Å²) in [5.74, 6) is 0.843. The van der Waals surface area contributed by atoms with Gasteiger partial charge in [0.15, 0.2) is 5.13 Å². The molecule has 1 saturated heterocycles. The van der Waals surface area contributed by atoms with Crippen molar-refractivity contribution in [2.75, 3.05) is 44.7 Å². The highest BCUT2D eigenvalue weighted by Gasteiger charge is 2.34. The quantitative estimate of drug-likeness (QED) is 0.755. The van der Waals surface area contributed by atoms with Gasteiger partial charge >= 0.3 is 0 Å². The van der Waals surface area contributed by atoms with Crippen LogP contribution in [0.3, 0.4) is 0 Å². The van der Waals surface area contributed by atoms with Crippen LogP contribution in [-0.4, -0.2) is 66.0 Å². The minimum atomic E-state index is -0.269. The average Bonchev–Trinajstić information content (AvgIpc) is 3.19. The zero-order valence-electron chi connectivity index (χ0n) is 19.1. The zero-order chi connectivity index (χ0) is 22.3. The van der Waals surface area contributed by atoms with Gasteiger partial charge in [0.2, 0.25) is 0 Å². The second-order valence-electron chi connectivity index (χ2n) is 9.61. The number of ether oxygens (including phenoxy) is 1. The Hall–Kier alpha value is -2.42. The van der Waals surface area contributed by atoms with E-state index in [4.69, 9.17) is 9.72 Å². The van der Waals surface area contributed by atoms with E-state index in [1.165, 1.54) is 22.5 Å². The smallest absolute Gasteiger partial charge is 0.263 e. The number of aromatic nitrogens is 1. The van der Waals surface area contributed by atoms with Crippen LogP contribution < -0.4 is 10.2 Å². The summed E-state index contributed by atoms with van der Waals surface area (Å²) in [6.07, 6.45) is 12.9. The number of thiazole rings is 1. The number of anilines is 1. The van der Waals surface area contributed by atoms with Crippen molar-refractivity contribution in [2.45, 2.75) is 38.6 Å². The normalized spacial score (nSPS) is 23.7. The second kappa shape index (κ2) is 8.50. The van der Waals surface area contributed by atoms with Crippen LogP contribution in [0, 0.1) is 0 Å². The summed E-state index contributed by atoms with van der Waals surface area (Å²) in [5, 5.41) is 3.87. The molecule has 1 N–H and O–H groups in total. The molecule has 0 bridgehead atoms. The van der Waals surface area contributed by atoms with Gasteiger partial charge in [-0.2, -0.15) is 0 Å². The SMILES string of the molecule is CN1CCN(CC2=C(C3=CN(c4nc5c(s4)C(=O)NC(C)(C)C5)C=CO3)CCC=C2)CC1. The first kappa shape index (κ1) is 21.4. The van der Waals surface area contributed by atoms with Crippen molar-refractivity contribution < 1.29 is 9.53 Å². The summed E-state index contributed by atoms with van der Waals surface area (Å²) in [6, 6.07) is 0. The van der Waals surface area contributed by atoms with Gasteiger partial charge in [0.05, 0.1) is 11.9 Å². The summed E-state index contributed by atoms with van der Waals surface area (Å²) in [5.41, 5.74) is 3.21. The molecule has 4 heterocycles. The van der Waals surface area contributed by atoms with Gasteiger partial charge in [-0.05, 0) is 39.3 Å². The molecular formula is C24H31N5O2S. The van der Waals surface area contributed by atoms with Crippen molar-refractivity contribution in [3.63, 3.8) is 0 Å². The molecule has 32 heavy (non-hydrogen) atoms. The predicted octanol–water partition coefficient (Wildman–Crippen LogP) is 3.25. The van der Waals surface area contributed by atoms with Crippen LogP contribution in [0.5, 0.6) is 0 Å². The Kier molecular flexibility index (Phi) is 5.69. The molecule has 1 aliphatic carbocycles. The van der Waals surface area contributed by atoms with Crippen LogP contribution >= 0.6 is 11.3 Å². The summed E-state index contributed by atoms with van der Waals surface area (Å²) >= 11 is 1.44. The third-order valence-electron chi connectivity index (χ3n) is 6.40. The predicted molar refractivity (Wildman–Crippen MR) is 127 cm³/mol. The molecule has 1 amide bonds. The van der Waals surface area contributed by atoms with E-state index in [9.17, 15) is 4.79 Å². The number of nitrogens with zero attached hydrogens (tertiary/aromatic N) is 4. The van der Waals surface area contributed by atoms with Gasteiger partial charge in [-0.25, -0.2) is 4.98 Å². The van der Waals surface area contributed by atoms with Crippen molar-refractivity contribution in [1.29, 1.82) is 0 Å². The molecule has 3 aliphatic heterocycles. The standard InChI is InChI=1S/C24H31N5O2S/c1-24(2)14-19-21(22(30)26-24)32-23(25-19)29-12-13-31-20(16-29)18-7-5-4-6-17(18)15-28-10-8-27(3)9-11-28/h4,6,12-13,16H,5,7-11,14-15H2,1-3H3,(H,26,30). The topological polar surface area (TPSA) is 60.9 Å². The number of hydrogen-bond donors (Lipinski definition) is 1. The largest absolute Gasteiger partial charge is 0.462 e. The van der Waals surface area contributed by atoms with Crippen molar-refractivity contribution in [1.82, 2.24) is 20.1 Å². The molecule has 1 fully saturated rings. The molecule has 0 unspecified atom stereocenters. The second-order valence-corrected chi connectivity index (χ2v) is 10.6. The summed E-state index contributed by atoms with van der Waals surface area (Å²) in [7, 11) is 2.19. The Morgan fingerprint density at radius 1 is 1.25 bits per heavy atom. The lowest BCUT2D eigenvalue weighted by atomic mass is 9.94. The third kappa shape index (κ3) is 4.40. The van der Waals surface area contributed by atoms with Crippen LogP contribution in [0.2, 0.25) is 0 Å². The molecule has 0 radical (unpaired) electrons. The fourth-order valence-electron chi connectivity index (χ4n) is 4.60. The van der Waals surface area contributed by atoms with Crippen molar-refractivity contribution in [3.05, 3.63) is 58.3 Å². The number of carbonyl (C=O) groups is 1. The van der Waals surface area contributed by atoms with Gasteiger partial charge < -0.3 is 15.0 Å². The fraction of sp³-hybridized carbons (Fsp3) is 0.500. The molecular weight excluding hydrogens is 422 g/mol. The van der Waals surface area contributed by atoms with Gasteiger partial charge in [-0.15, -0.1) is 0 Å². The molecule has 1 aromatic heterocycles. The van der Waals surface area contributed by atoms with Crippen LogP contribution in [0.4, 0.5) is 5.13 Å². The number of carbonyl (C=O) groups excluding carboxylic acids is 1.